The minimum absolute atomic E-state index is 0.194. The number of hydrogen-bond acceptors (Lipinski definition) is 2. The summed E-state index contributed by atoms with van der Waals surface area (Å²) in [6.45, 7) is 5.65. The van der Waals surface area contributed by atoms with Gasteiger partial charge in [-0.25, -0.2) is 12.8 Å². The molecule has 0 amide bonds. The number of alkyl halides is 1. The highest BCUT2D eigenvalue weighted by molar-refractivity contribution is 7.92. The molecule has 0 N–H and O–H groups in total. The van der Waals surface area contributed by atoms with Crippen molar-refractivity contribution in [2.75, 3.05) is 11.5 Å². The molecule has 1 saturated carbocycles. The minimum Gasteiger partial charge on any atom is -0.243 e. The molecule has 1 saturated heterocycles. The van der Waals surface area contributed by atoms with E-state index < -0.39 is 15.5 Å². The molecule has 0 bridgehead atoms. The molecule has 82 valence electrons. The summed E-state index contributed by atoms with van der Waals surface area (Å²) in [7, 11) is -2.81. The SMILES string of the molecule is CC(C)(C)C1(F)CC2(C1)CS(=O)(=O)C2. The van der Waals surface area contributed by atoms with E-state index in [0.29, 0.717) is 12.8 Å². The van der Waals surface area contributed by atoms with E-state index in [9.17, 15) is 12.8 Å². The van der Waals surface area contributed by atoms with E-state index in [0.717, 1.165) is 0 Å². The fourth-order valence-corrected chi connectivity index (χ4v) is 4.95. The van der Waals surface area contributed by atoms with Crippen LogP contribution < -0.4 is 0 Å². The summed E-state index contributed by atoms with van der Waals surface area (Å²) in [6.07, 6.45) is 0.867. The predicted molar refractivity (Wildman–Crippen MR) is 53.6 cm³/mol. The second kappa shape index (κ2) is 2.34. The van der Waals surface area contributed by atoms with Gasteiger partial charge in [0.15, 0.2) is 9.84 Å². The molecule has 1 aliphatic heterocycles. The van der Waals surface area contributed by atoms with Gasteiger partial charge in [0.25, 0.3) is 0 Å². The number of sulfone groups is 1. The lowest BCUT2D eigenvalue weighted by Crippen LogP contribution is -2.65. The predicted octanol–water partition coefficient (Wildman–Crippen LogP) is 1.95. The normalized spacial score (nSPS) is 32.0. The molecular weight excluding hydrogens is 203 g/mol. The minimum atomic E-state index is -2.81. The van der Waals surface area contributed by atoms with Crippen LogP contribution in [0.25, 0.3) is 0 Å². The fourth-order valence-electron chi connectivity index (χ4n) is 2.76. The molecule has 1 heterocycles. The molecule has 1 aliphatic carbocycles. The third-order valence-electron chi connectivity index (χ3n) is 3.71. The number of hydrogen-bond donors (Lipinski definition) is 0. The van der Waals surface area contributed by atoms with E-state index in [1.54, 1.807) is 0 Å². The summed E-state index contributed by atoms with van der Waals surface area (Å²) in [6, 6.07) is 0. The van der Waals surface area contributed by atoms with Crippen LogP contribution in [0.2, 0.25) is 0 Å². The van der Waals surface area contributed by atoms with Crippen LogP contribution in [0.4, 0.5) is 4.39 Å². The molecule has 0 atom stereocenters. The smallest absolute Gasteiger partial charge is 0.151 e. The van der Waals surface area contributed by atoms with Crippen molar-refractivity contribution in [2.24, 2.45) is 10.8 Å². The molecule has 2 nitrogen and oxygen atoms in total. The van der Waals surface area contributed by atoms with Crippen molar-refractivity contribution in [3.8, 4) is 0 Å². The molecular formula is C10H17FO2S. The summed E-state index contributed by atoms with van der Waals surface area (Å²) in [5, 5.41) is 0. The Bertz CT molecular complexity index is 344. The Morgan fingerprint density at radius 3 is 1.86 bits per heavy atom. The molecule has 0 aromatic heterocycles. The van der Waals surface area contributed by atoms with E-state index >= 15 is 0 Å². The fraction of sp³-hybridized carbons (Fsp3) is 1.00. The Kier molecular flexibility index (Phi) is 1.74. The third kappa shape index (κ3) is 1.30. The standard InChI is InChI=1S/C10H17FO2S/c1-8(2,3)10(11)4-9(5-10)6-14(12,13)7-9/h4-7H2,1-3H3. The van der Waals surface area contributed by atoms with Crippen LogP contribution in [0.5, 0.6) is 0 Å². The first-order chi connectivity index (χ1) is 6.08. The molecule has 0 aromatic carbocycles. The molecule has 14 heavy (non-hydrogen) atoms. The second-order valence-corrected chi connectivity index (χ2v) is 8.17. The van der Waals surface area contributed by atoms with Crippen LogP contribution in [0.15, 0.2) is 0 Å². The lowest BCUT2D eigenvalue weighted by Gasteiger charge is -2.60. The van der Waals surface area contributed by atoms with Gasteiger partial charge in [0, 0.05) is 5.41 Å². The van der Waals surface area contributed by atoms with Gasteiger partial charge >= 0.3 is 0 Å². The van der Waals surface area contributed by atoms with Crippen LogP contribution >= 0.6 is 0 Å². The van der Waals surface area contributed by atoms with Gasteiger partial charge in [-0.3, -0.25) is 0 Å². The Hall–Kier alpha value is -0.120. The molecule has 0 aromatic rings. The Balaban J connectivity index is 2.05. The number of halogens is 1. The molecule has 2 rings (SSSR count). The average Bonchev–Trinajstić information content (AvgIpc) is 1.76. The van der Waals surface area contributed by atoms with Gasteiger partial charge in [0.2, 0.25) is 0 Å². The van der Waals surface area contributed by atoms with E-state index in [1.165, 1.54) is 0 Å². The van der Waals surface area contributed by atoms with Gasteiger partial charge in [-0.15, -0.1) is 0 Å². The topological polar surface area (TPSA) is 34.1 Å². The molecule has 2 fully saturated rings. The zero-order valence-electron chi connectivity index (χ0n) is 8.93. The lowest BCUT2D eigenvalue weighted by molar-refractivity contribution is -0.121. The van der Waals surface area contributed by atoms with Crippen molar-refractivity contribution in [1.82, 2.24) is 0 Å². The van der Waals surface area contributed by atoms with E-state index in [2.05, 4.69) is 0 Å². The van der Waals surface area contributed by atoms with Gasteiger partial charge in [-0.05, 0) is 18.3 Å². The maximum Gasteiger partial charge on any atom is 0.151 e. The summed E-state index contributed by atoms with van der Waals surface area (Å²) in [5.74, 6) is 0.420. The molecule has 4 heteroatoms. The first kappa shape index (κ1) is 10.4. The molecule has 0 radical (unpaired) electrons. The van der Waals surface area contributed by atoms with Gasteiger partial charge in [-0.1, -0.05) is 20.8 Å². The number of rotatable bonds is 0. The highest BCUT2D eigenvalue weighted by Crippen LogP contribution is 2.62. The largest absolute Gasteiger partial charge is 0.243 e. The van der Waals surface area contributed by atoms with Gasteiger partial charge in [0.05, 0.1) is 11.5 Å². The molecule has 1 spiro atoms. The van der Waals surface area contributed by atoms with Crippen LogP contribution in [-0.2, 0) is 9.84 Å². The lowest BCUT2D eigenvalue weighted by atomic mass is 9.53. The molecule has 2 aliphatic rings. The van der Waals surface area contributed by atoms with Crippen molar-refractivity contribution >= 4 is 9.84 Å². The highest BCUT2D eigenvalue weighted by atomic mass is 32.2. The zero-order valence-corrected chi connectivity index (χ0v) is 9.75. The Morgan fingerprint density at radius 2 is 1.57 bits per heavy atom. The van der Waals surface area contributed by atoms with Crippen molar-refractivity contribution < 1.29 is 12.8 Å². The van der Waals surface area contributed by atoms with E-state index in [-0.39, 0.29) is 22.3 Å². The van der Waals surface area contributed by atoms with Crippen LogP contribution in [-0.4, -0.2) is 25.6 Å². The summed E-state index contributed by atoms with van der Waals surface area (Å²) in [5.41, 5.74) is -1.71. The van der Waals surface area contributed by atoms with Gasteiger partial charge in [-0.2, -0.15) is 0 Å². The van der Waals surface area contributed by atoms with Crippen molar-refractivity contribution in [1.29, 1.82) is 0 Å². The van der Waals surface area contributed by atoms with Gasteiger partial charge < -0.3 is 0 Å². The Labute approximate surface area is 84.8 Å². The second-order valence-electron chi connectivity index (χ2n) is 6.10. The van der Waals surface area contributed by atoms with Crippen LogP contribution in [0.1, 0.15) is 33.6 Å². The van der Waals surface area contributed by atoms with Crippen molar-refractivity contribution in [2.45, 2.75) is 39.3 Å². The quantitative estimate of drug-likeness (QED) is 0.625. The van der Waals surface area contributed by atoms with Crippen LogP contribution in [0.3, 0.4) is 0 Å². The maximum atomic E-state index is 14.2. The third-order valence-corrected chi connectivity index (χ3v) is 5.81. The zero-order chi connectivity index (χ0) is 10.8. The molecule has 0 unspecified atom stereocenters. The first-order valence-corrected chi connectivity index (χ1v) is 6.79. The van der Waals surface area contributed by atoms with Gasteiger partial charge in [0.1, 0.15) is 5.67 Å². The average molecular weight is 220 g/mol. The van der Waals surface area contributed by atoms with E-state index in [1.807, 2.05) is 20.8 Å². The summed E-state index contributed by atoms with van der Waals surface area (Å²) >= 11 is 0. The van der Waals surface area contributed by atoms with Crippen molar-refractivity contribution in [3.63, 3.8) is 0 Å². The first-order valence-electron chi connectivity index (χ1n) is 4.97. The Morgan fingerprint density at radius 1 is 1.14 bits per heavy atom. The maximum absolute atomic E-state index is 14.2. The van der Waals surface area contributed by atoms with Crippen molar-refractivity contribution in [3.05, 3.63) is 0 Å². The van der Waals surface area contributed by atoms with E-state index in [4.69, 9.17) is 0 Å². The highest BCUT2D eigenvalue weighted by Gasteiger charge is 2.66. The summed E-state index contributed by atoms with van der Waals surface area (Å²) < 4.78 is 36.3. The van der Waals surface area contributed by atoms with Crippen LogP contribution in [0, 0.1) is 10.8 Å². The summed E-state index contributed by atoms with van der Waals surface area (Å²) in [4.78, 5) is 0. The monoisotopic (exact) mass is 220 g/mol.